The summed E-state index contributed by atoms with van der Waals surface area (Å²) in [5.41, 5.74) is 4.94. The molecule has 1 unspecified atom stereocenters. The van der Waals surface area contributed by atoms with E-state index in [2.05, 4.69) is 72.9 Å². The van der Waals surface area contributed by atoms with Crippen molar-refractivity contribution in [1.82, 2.24) is 5.32 Å². The quantitative estimate of drug-likeness (QED) is 0.509. The van der Waals surface area contributed by atoms with Gasteiger partial charge in [0.15, 0.2) is 0 Å². The van der Waals surface area contributed by atoms with Crippen molar-refractivity contribution < 1.29 is 9.47 Å². The number of ether oxygens (including phenoxy) is 2. The fourth-order valence-corrected chi connectivity index (χ4v) is 3.15. The molecule has 1 N–H and O–H groups in total. The molecule has 0 aromatic heterocycles. The van der Waals surface area contributed by atoms with Crippen LogP contribution in [0.5, 0.6) is 5.75 Å². The smallest absolute Gasteiger partial charge is 0.118 e. The van der Waals surface area contributed by atoms with Gasteiger partial charge < -0.3 is 14.8 Å². The van der Waals surface area contributed by atoms with Gasteiger partial charge in [0.25, 0.3) is 0 Å². The third-order valence-electron chi connectivity index (χ3n) is 4.80. The summed E-state index contributed by atoms with van der Waals surface area (Å²) in [6, 6.07) is 27.2. The van der Waals surface area contributed by atoms with Crippen LogP contribution in [0.15, 0.2) is 78.9 Å². The van der Waals surface area contributed by atoms with E-state index in [1.165, 1.54) is 22.3 Å². The molecule has 0 amide bonds. The summed E-state index contributed by atoms with van der Waals surface area (Å²) < 4.78 is 11.5. The Morgan fingerprint density at radius 2 is 1.46 bits per heavy atom. The lowest BCUT2D eigenvalue weighted by Gasteiger charge is -2.19. The highest BCUT2D eigenvalue weighted by atomic mass is 16.5. The molecule has 28 heavy (non-hydrogen) atoms. The second-order valence-electron chi connectivity index (χ2n) is 6.92. The highest BCUT2D eigenvalue weighted by Crippen LogP contribution is 2.26. The highest BCUT2D eigenvalue weighted by molar-refractivity contribution is 5.32. The van der Waals surface area contributed by atoms with E-state index < -0.39 is 0 Å². The fourth-order valence-electron chi connectivity index (χ4n) is 3.15. The van der Waals surface area contributed by atoms with Crippen LogP contribution in [0.3, 0.4) is 0 Å². The van der Waals surface area contributed by atoms with Crippen molar-refractivity contribution in [2.45, 2.75) is 19.4 Å². The highest BCUT2D eigenvalue weighted by Gasteiger charge is 2.14. The number of methoxy groups -OCH3 is 1. The molecule has 3 heteroatoms. The maximum Gasteiger partial charge on any atom is 0.118 e. The summed E-state index contributed by atoms with van der Waals surface area (Å²) in [6.45, 7) is 4.52. The lowest BCUT2D eigenvalue weighted by atomic mass is 10.0. The number of hydrogen-bond acceptors (Lipinski definition) is 3. The molecule has 3 aromatic carbocycles. The maximum absolute atomic E-state index is 6.26. The van der Waals surface area contributed by atoms with Crippen molar-refractivity contribution in [2.75, 3.05) is 26.8 Å². The Balaban J connectivity index is 1.48. The summed E-state index contributed by atoms with van der Waals surface area (Å²) in [5.74, 6) is 0.896. The topological polar surface area (TPSA) is 30.5 Å². The number of hydrogen-bond donors (Lipinski definition) is 1. The first-order valence-electron chi connectivity index (χ1n) is 9.83. The molecule has 0 radical (unpaired) electrons. The molecule has 3 nitrogen and oxygen atoms in total. The van der Waals surface area contributed by atoms with E-state index in [4.69, 9.17) is 9.47 Å². The van der Waals surface area contributed by atoms with E-state index in [0.717, 1.165) is 25.3 Å². The zero-order chi connectivity index (χ0) is 19.6. The monoisotopic (exact) mass is 375 g/mol. The van der Waals surface area contributed by atoms with Crippen LogP contribution in [0.1, 0.15) is 28.4 Å². The van der Waals surface area contributed by atoms with E-state index in [1.807, 2.05) is 18.2 Å². The Morgan fingerprint density at radius 1 is 0.786 bits per heavy atom. The maximum atomic E-state index is 6.26. The number of nitrogens with one attached hydrogen (secondary N) is 1. The second-order valence-corrected chi connectivity index (χ2v) is 6.92. The van der Waals surface area contributed by atoms with Gasteiger partial charge in [0, 0.05) is 6.54 Å². The molecule has 3 aromatic rings. The van der Waals surface area contributed by atoms with Gasteiger partial charge in [-0.05, 0) is 48.7 Å². The van der Waals surface area contributed by atoms with Crippen LogP contribution in [-0.4, -0.2) is 26.8 Å². The molecule has 0 saturated heterocycles. The van der Waals surface area contributed by atoms with Gasteiger partial charge in [-0.1, -0.05) is 72.3 Å². The molecule has 0 saturated carbocycles. The standard InChI is InChI=1S/C25H29NO2/c1-20-8-12-23(13-9-20)25(22-6-4-3-5-7-22)28-19-18-26-17-16-21-10-14-24(27-2)15-11-21/h3-15,25-26H,16-19H2,1-2H3. The van der Waals surface area contributed by atoms with Crippen molar-refractivity contribution in [1.29, 1.82) is 0 Å². The Hall–Kier alpha value is -2.62. The minimum atomic E-state index is -0.0369. The minimum Gasteiger partial charge on any atom is -0.497 e. The largest absolute Gasteiger partial charge is 0.497 e. The fraction of sp³-hybridized carbons (Fsp3) is 0.280. The zero-order valence-electron chi connectivity index (χ0n) is 16.7. The van der Waals surface area contributed by atoms with Gasteiger partial charge in [-0.15, -0.1) is 0 Å². The number of rotatable bonds is 10. The van der Waals surface area contributed by atoms with Crippen LogP contribution in [0.25, 0.3) is 0 Å². The lowest BCUT2D eigenvalue weighted by Crippen LogP contribution is -2.23. The van der Waals surface area contributed by atoms with Crippen LogP contribution in [0, 0.1) is 6.92 Å². The van der Waals surface area contributed by atoms with Crippen molar-refractivity contribution >= 4 is 0 Å². The predicted molar refractivity (Wildman–Crippen MR) is 115 cm³/mol. The molecule has 146 valence electrons. The normalized spacial score (nSPS) is 11.9. The Labute approximate surface area is 168 Å². The number of benzene rings is 3. The SMILES string of the molecule is COc1ccc(CCNCCOC(c2ccccc2)c2ccc(C)cc2)cc1. The van der Waals surface area contributed by atoms with Gasteiger partial charge >= 0.3 is 0 Å². The molecule has 0 fully saturated rings. The molecule has 0 aliphatic heterocycles. The first-order valence-corrected chi connectivity index (χ1v) is 9.83. The van der Waals surface area contributed by atoms with Crippen molar-refractivity contribution in [2.24, 2.45) is 0 Å². The molecular formula is C25H29NO2. The third kappa shape index (κ3) is 5.95. The Morgan fingerprint density at radius 3 is 2.14 bits per heavy atom. The van der Waals surface area contributed by atoms with E-state index >= 15 is 0 Å². The van der Waals surface area contributed by atoms with Crippen LogP contribution in [0.4, 0.5) is 0 Å². The summed E-state index contributed by atoms with van der Waals surface area (Å²) >= 11 is 0. The van der Waals surface area contributed by atoms with Gasteiger partial charge in [0.05, 0.1) is 13.7 Å². The van der Waals surface area contributed by atoms with Gasteiger partial charge in [-0.2, -0.15) is 0 Å². The van der Waals surface area contributed by atoms with Gasteiger partial charge in [0.2, 0.25) is 0 Å². The van der Waals surface area contributed by atoms with Crippen molar-refractivity contribution in [3.8, 4) is 5.75 Å². The van der Waals surface area contributed by atoms with E-state index in [-0.39, 0.29) is 6.10 Å². The molecule has 3 rings (SSSR count). The average molecular weight is 376 g/mol. The van der Waals surface area contributed by atoms with Crippen LogP contribution in [-0.2, 0) is 11.2 Å². The van der Waals surface area contributed by atoms with E-state index in [1.54, 1.807) is 7.11 Å². The Bertz CT molecular complexity index is 813. The van der Waals surface area contributed by atoms with E-state index in [0.29, 0.717) is 6.61 Å². The molecular weight excluding hydrogens is 346 g/mol. The van der Waals surface area contributed by atoms with Gasteiger partial charge in [-0.3, -0.25) is 0 Å². The first-order chi connectivity index (χ1) is 13.8. The zero-order valence-corrected chi connectivity index (χ0v) is 16.7. The molecule has 0 heterocycles. The molecule has 0 aliphatic carbocycles. The van der Waals surface area contributed by atoms with E-state index in [9.17, 15) is 0 Å². The van der Waals surface area contributed by atoms with Crippen LogP contribution < -0.4 is 10.1 Å². The Kier molecular flexibility index (Phi) is 7.65. The summed E-state index contributed by atoms with van der Waals surface area (Å²) in [4.78, 5) is 0. The van der Waals surface area contributed by atoms with Crippen LogP contribution in [0.2, 0.25) is 0 Å². The summed E-state index contributed by atoms with van der Waals surface area (Å²) in [6.07, 6.45) is 0.953. The third-order valence-corrected chi connectivity index (χ3v) is 4.80. The molecule has 1 atom stereocenters. The molecule has 0 spiro atoms. The second kappa shape index (κ2) is 10.6. The minimum absolute atomic E-state index is 0.0369. The number of aryl methyl sites for hydroxylation is 1. The summed E-state index contributed by atoms with van der Waals surface area (Å²) in [5, 5.41) is 3.47. The van der Waals surface area contributed by atoms with Crippen molar-refractivity contribution in [3.63, 3.8) is 0 Å². The van der Waals surface area contributed by atoms with Crippen molar-refractivity contribution in [3.05, 3.63) is 101 Å². The average Bonchev–Trinajstić information content (AvgIpc) is 2.75. The lowest BCUT2D eigenvalue weighted by molar-refractivity contribution is 0.0822. The summed E-state index contributed by atoms with van der Waals surface area (Å²) in [7, 11) is 1.69. The first kappa shape index (κ1) is 20.1. The molecule has 0 aliphatic rings. The predicted octanol–water partition coefficient (Wildman–Crippen LogP) is 4.94. The van der Waals surface area contributed by atoms with Gasteiger partial charge in [0.1, 0.15) is 11.9 Å². The van der Waals surface area contributed by atoms with Gasteiger partial charge in [-0.25, -0.2) is 0 Å². The van der Waals surface area contributed by atoms with Crippen LogP contribution >= 0.6 is 0 Å². The molecule has 0 bridgehead atoms.